The predicted octanol–water partition coefficient (Wildman–Crippen LogP) is 3.89. The number of rotatable bonds is 6. The largest absolute Gasteiger partial charge is 0.493 e. The molecular formula is C22H23N3O4S. The van der Waals surface area contributed by atoms with E-state index in [-0.39, 0.29) is 5.91 Å². The monoisotopic (exact) mass is 425 g/mol. The third-order valence-electron chi connectivity index (χ3n) is 5.04. The lowest BCUT2D eigenvalue weighted by Crippen LogP contribution is -2.36. The van der Waals surface area contributed by atoms with Crippen molar-refractivity contribution in [1.82, 2.24) is 15.0 Å². The summed E-state index contributed by atoms with van der Waals surface area (Å²) in [6.45, 7) is 2.98. The quantitative estimate of drug-likeness (QED) is 0.555. The molecule has 0 unspecified atom stereocenters. The number of benzene rings is 2. The number of aromatic nitrogens is 2. The molecule has 1 amide bonds. The van der Waals surface area contributed by atoms with Crippen molar-refractivity contribution in [3.8, 4) is 11.5 Å². The fourth-order valence-electron chi connectivity index (χ4n) is 3.53. The van der Waals surface area contributed by atoms with Crippen molar-refractivity contribution >= 4 is 17.7 Å². The van der Waals surface area contributed by atoms with Crippen molar-refractivity contribution in [3.05, 3.63) is 64.8 Å². The minimum Gasteiger partial charge on any atom is -0.493 e. The molecule has 4 rings (SSSR count). The van der Waals surface area contributed by atoms with Crippen LogP contribution in [0.3, 0.4) is 0 Å². The Hall–Kier alpha value is -3.00. The van der Waals surface area contributed by atoms with Crippen molar-refractivity contribution in [1.29, 1.82) is 0 Å². The molecule has 2 aromatic carbocycles. The number of carbonyl (C=O) groups is 1. The molecule has 0 fully saturated rings. The number of thioether (sulfide) groups is 1. The van der Waals surface area contributed by atoms with Crippen LogP contribution < -0.4 is 9.47 Å². The summed E-state index contributed by atoms with van der Waals surface area (Å²) in [6.07, 6.45) is 0.776. The highest BCUT2D eigenvalue weighted by Gasteiger charge is 2.25. The SMILES string of the molecule is COc1cc2c(cc1OC)CN(C(=O)c1ccccc1SCc1nc(C)no1)CC2. The van der Waals surface area contributed by atoms with Crippen molar-refractivity contribution in [2.24, 2.45) is 0 Å². The van der Waals surface area contributed by atoms with Crippen LogP contribution in [0.1, 0.15) is 33.2 Å². The molecule has 1 aromatic heterocycles. The Morgan fingerprint density at radius 3 is 2.60 bits per heavy atom. The molecule has 0 aliphatic carbocycles. The van der Waals surface area contributed by atoms with E-state index in [4.69, 9.17) is 14.0 Å². The van der Waals surface area contributed by atoms with Crippen LogP contribution in [0.5, 0.6) is 11.5 Å². The van der Waals surface area contributed by atoms with E-state index in [1.807, 2.05) is 41.3 Å². The van der Waals surface area contributed by atoms with E-state index >= 15 is 0 Å². The van der Waals surface area contributed by atoms with Gasteiger partial charge in [0.15, 0.2) is 17.3 Å². The van der Waals surface area contributed by atoms with Gasteiger partial charge in [-0.15, -0.1) is 11.8 Å². The second-order valence-electron chi connectivity index (χ2n) is 6.97. The molecule has 8 heteroatoms. The summed E-state index contributed by atoms with van der Waals surface area (Å²) < 4.78 is 16.0. The number of ether oxygens (including phenoxy) is 2. The molecule has 1 aliphatic heterocycles. The lowest BCUT2D eigenvalue weighted by molar-refractivity contribution is 0.0731. The average Bonchev–Trinajstić information content (AvgIpc) is 3.21. The molecule has 0 spiro atoms. The summed E-state index contributed by atoms with van der Waals surface area (Å²) in [5, 5.41) is 3.81. The minimum atomic E-state index is 0.0141. The maximum absolute atomic E-state index is 13.3. The Kier molecular flexibility index (Phi) is 5.94. The maximum atomic E-state index is 13.3. The van der Waals surface area contributed by atoms with Crippen LogP contribution in [-0.2, 0) is 18.7 Å². The normalized spacial score (nSPS) is 13.1. The minimum absolute atomic E-state index is 0.0141. The summed E-state index contributed by atoms with van der Waals surface area (Å²) in [7, 11) is 3.25. The van der Waals surface area contributed by atoms with Crippen molar-refractivity contribution in [2.75, 3.05) is 20.8 Å². The lowest BCUT2D eigenvalue weighted by Gasteiger charge is -2.30. The number of hydrogen-bond donors (Lipinski definition) is 0. The van der Waals surface area contributed by atoms with Gasteiger partial charge in [-0.3, -0.25) is 4.79 Å². The highest BCUT2D eigenvalue weighted by Crippen LogP contribution is 2.34. The van der Waals surface area contributed by atoms with Crippen LogP contribution in [0.2, 0.25) is 0 Å². The van der Waals surface area contributed by atoms with E-state index in [2.05, 4.69) is 10.1 Å². The summed E-state index contributed by atoms with van der Waals surface area (Å²) in [5.74, 6) is 3.08. The van der Waals surface area contributed by atoms with Crippen LogP contribution in [0, 0.1) is 6.92 Å². The smallest absolute Gasteiger partial charge is 0.255 e. The molecule has 0 saturated heterocycles. The lowest BCUT2D eigenvalue weighted by atomic mass is 9.98. The van der Waals surface area contributed by atoms with Crippen LogP contribution in [0.25, 0.3) is 0 Å². The molecule has 156 valence electrons. The van der Waals surface area contributed by atoms with Gasteiger partial charge in [-0.1, -0.05) is 17.3 Å². The highest BCUT2D eigenvalue weighted by atomic mass is 32.2. The highest BCUT2D eigenvalue weighted by molar-refractivity contribution is 7.98. The molecule has 30 heavy (non-hydrogen) atoms. The van der Waals surface area contributed by atoms with Gasteiger partial charge in [0.2, 0.25) is 5.89 Å². The zero-order valence-electron chi connectivity index (χ0n) is 17.2. The summed E-state index contributed by atoms with van der Waals surface area (Å²) in [6, 6.07) is 11.6. The van der Waals surface area contributed by atoms with Crippen molar-refractivity contribution in [3.63, 3.8) is 0 Å². The van der Waals surface area contributed by atoms with Gasteiger partial charge in [0, 0.05) is 18.0 Å². The second-order valence-corrected chi connectivity index (χ2v) is 7.99. The molecule has 0 bridgehead atoms. The topological polar surface area (TPSA) is 77.7 Å². The third kappa shape index (κ3) is 4.14. The first kappa shape index (κ1) is 20.3. The Labute approximate surface area is 179 Å². The first-order valence-corrected chi connectivity index (χ1v) is 10.6. The molecule has 1 aliphatic rings. The second kappa shape index (κ2) is 8.79. The number of aryl methyl sites for hydroxylation is 1. The van der Waals surface area contributed by atoms with Gasteiger partial charge in [0.05, 0.1) is 25.5 Å². The van der Waals surface area contributed by atoms with E-state index in [0.29, 0.717) is 47.6 Å². The van der Waals surface area contributed by atoms with Crippen LogP contribution in [0.15, 0.2) is 45.8 Å². The molecule has 2 heterocycles. The number of carbonyl (C=O) groups excluding carboxylic acids is 1. The van der Waals surface area contributed by atoms with E-state index < -0.39 is 0 Å². The number of amides is 1. The number of fused-ring (bicyclic) bond motifs is 1. The van der Waals surface area contributed by atoms with E-state index in [0.717, 1.165) is 16.9 Å². The van der Waals surface area contributed by atoms with Crippen LogP contribution in [0.4, 0.5) is 0 Å². The molecule has 0 radical (unpaired) electrons. The van der Waals surface area contributed by atoms with Gasteiger partial charge >= 0.3 is 0 Å². The molecule has 3 aromatic rings. The van der Waals surface area contributed by atoms with Gasteiger partial charge in [-0.05, 0) is 48.7 Å². The van der Waals surface area contributed by atoms with E-state index in [1.54, 1.807) is 21.1 Å². The Morgan fingerprint density at radius 2 is 1.90 bits per heavy atom. The number of methoxy groups -OCH3 is 2. The van der Waals surface area contributed by atoms with Crippen molar-refractivity contribution < 1.29 is 18.8 Å². The zero-order valence-corrected chi connectivity index (χ0v) is 18.0. The summed E-state index contributed by atoms with van der Waals surface area (Å²) >= 11 is 1.52. The van der Waals surface area contributed by atoms with Crippen LogP contribution >= 0.6 is 11.8 Å². The Bertz CT molecular complexity index is 1070. The van der Waals surface area contributed by atoms with Crippen LogP contribution in [-0.4, -0.2) is 41.7 Å². The molecule has 7 nitrogen and oxygen atoms in total. The number of nitrogens with zero attached hydrogens (tertiary/aromatic N) is 3. The zero-order chi connectivity index (χ0) is 21.1. The fourth-order valence-corrected chi connectivity index (χ4v) is 4.42. The van der Waals surface area contributed by atoms with Gasteiger partial charge in [-0.25, -0.2) is 0 Å². The first-order valence-electron chi connectivity index (χ1n) is 9.63. The van der Waals surface area contributed by atoms with Crippen molar-refractivity contribution in [2.45, 2.75) is 30.5 Å². The number of hydrogen-bond acceptors (Lipinski definition) is 7. The maximum Gasteiger partial charge on any atom is 0.255 e. The predicted molar refractivity (Wildman–Crippen MR) is 113 cm³/mol. The van der Waals surface area contributed by atoms with E-state index in [1.165, 1.54) is 17.3 Å². The standard InChI is InChI=1S/C22H23N3O4S/c1-14-23-21(29-24-14)13-30-20-7-5-4-6-17(20)22(26)25-9-8-15-10-18(27-2)19(28-3)11-16(15)12-25/h4-7,10-11H,8-9,12-13H2,1-3H3. The third-order valence-corrected chi connectivity index (χ3v) is 6.10. The Balaban J connectivity index is 1.53. The summed E-state index contributed by atoms with van der Waals surface area (Å²) in [5.41, 5.74) is 2.95. The molecule has 0 N–H and O–H groups in total. The summed E-state index contributed by atoms with van der Waals surface area (Å²) in [4.78, 5) is 20.3. The van der Waals surface area contributed by atoms with Gasteiger partial charge in [0.1, 0.15) is 0 Å². The molecular weight excluding hydrogens is 402 g/mol. The molecule has 0 saturated carbocycles. The fraction of sp³-hybridized carbons (Fsp3) is 0.318. The van der Waals surface area contributed by atoms with Gasteiger partial charge < -0.3 is 18.9 Å². The van der Waals surface area contributed by atoms with E-state index in [9.17, 15) is 4.79 Å². The molecule has 0 atom stereocenters. The van der Waals surface area contributed by atoms with Gasteiger partial charge in [-0.2, -0.15) is 4.98 Å². The first-order chi connectivity index (χ1) is 14.6. The average molecular weight is 426 g/mol. The van der Waals surface area contributed by atoms with Gasteiger partial charge in [0.25, 0.3) is 5.91 Å². The Morgan fingerprint density at radius 1 is 1.17 bits per heavy atom.